The minimum Gasteiger partial charge on any atom is -0.488 e. The summed E-state index contributed by atoms with van der Waals surface area (Å²) in [6.45, 7) is 1.71. The number of rotatable bonds is 4. The Morgan fingerprint density at radius 3 is 3.00 bits per heavy atom. The molecule has 1 aliphatic carbocycles. The van der Waals surface area contributed by atoms with E-state index in [4.69, 9.17) is 10.5 Å². The predicted octanol–water partition coefficient (Wildman–Crippen LogP) is 1.77. The maximum atomic E-state index is 5.70. The van der Waals surface area contributed by atoms with Gasteiger partial charge in [-0.1, -0.05) is 0 Å². The lowest BCUT2D eigenvalue weighted by Crippen LogP contribution is -2.24. The molecule has 0 radical (unpaired) electrons. The Morgan fingerprint density at radius 2 is 2.25 bits per heavy atom. The summed E-state index contributed by atoms with van der Waals surface area (Å²) in [7, 11) is 0. The Labute approximate surface area is 96.0 Å². The number of fused-ring (bicyclic) bond motifs is 1. The molecule has 1 atom stereocenters. The maximum absolute atomic E-state index is 5.70. The topological polar surface area (TPSA) is 47.3 Å². The molecule has 3 N–H and O–H groups in total. The van der Waals surface area contributed by atoms with E-state index in [1.807, 2.05) is 0 Å². The zero-order valence-corrected chi connectivity index (χ0v) is 9.41. The molecule has 1 heterocycles. The van der Waals surface area contributed by atoms with Crippen molar-refractivity contribution in [1.82, 2.24) is 0 Å². The van der Waals surface area contributed by atoms with E-state index >= 15 is 0 Å². The average Bonchev–Trinajstić information content (AvgIpc) is 3.04. The summed E-state index contributed by atoms with van der Waals surface area (Å²) in [5.74, 6) is 1.91. The van der Waals surface area contributed by atoms with Crippen LogP contribution < -0.4 is 15.8 Å². The van der Waals surface area contributed by atoms with Crippen LogP contribution in [0.3, 0.4) is 0 Å². The number of hydrogen-bond donors (Lipinski definition) is 2. The van der Waals surface area contributed by atoms with Crippen molar-refractivity contribution in [2.45, 2.75) is 25.4 Å². The minimum absolute atomic E-state index is 0.175. The lowest BCUT2D eigenvalue weighted by atomic mass is 10.1. The van der Waals surface area contributed by atoms with Gasteiger partial charge in [0.2, 0.25) is 0 Å². The highest BCUT2D eigenvalue weighted by Crippen LogP contribution is 2.32. The second-order valence-corrected chi connectivity index (χ2v) is 4.83. The first-order chi connectivity index (χ1) is 7.85. The summed E-state index contributed by atoms with van der Waals surface area (Å²) in [5, 5.41) is 3.48. The molecule has 3 nitrogen and oxygen atoms in total. The van der Waals surface area contributed by atoms with Crippen LogP contribution in [0.1, 0.15) is 18.4 Å². The molecule has 1 unspecified atom stereocenters. The first-order valence-corrected chi connectivity index (χ1v) is 6.08. The van der Waals surface area contributed by atoms with E-state index in [1.165, 1.54) is 24.1 Å². The number of ether oxygens (including phenoxy) is 1. The van der Waals surface area contributed by atoms with Crippen LogP contribution in [0.2, 0.25) is 0 Å². The van der Waals surface area contributed by atoms with E-state index in [0.29, 0.717) is 6.54 Å². The highest BCUT2D eigenvalue weighted by atomic mass is 16.5. The largest absolute Gasteiger partial charge is 0.488 e. The third-order valence-electron chi connectivity index (χ3n) is 3.36. The van der Waals surface area contributed by atoms with Gasteiger partial charge in [-0.05, 0) is 42.5 Å². The van der Waals surface area contributed by atoms with Gasteiger partial charge in [0.1, 0.15) is 11.9 Å². The van der Waals surface area contributed by atoms with E-state index in [2.05, 4.69) is 23.5 Å². The summed E-state index contributed by atoms with van der Waals surface area (Å²) in [6, 6.07) is 6.35. The van der Waals surface area contributed by atoms with Gasteiger partial charge in [0.05, 0.1) is 0 Å². The summed E-state index contributed by atoms with van der Waals surface area (Å²) < 4.78 is 5.70. The third-order valence-corrected chi connectivity index (χ3v) is 3.36. The smallest absolute Gasteiger partial charge is 0.123 e. The quantitative estimate of drug-likeness (QED) is 0.809. The van der Waals surface area contributed by atoms with Gasteiger partial charge in [0, 0.05) is 25.2 Å². The first-order valence-electron chi connectivity index (χ1n) is 6.08. The molecular formula is C13H18N2O. The van der Waals surface area contributed by atoms with E-state index in [9.17, 15) is 0 Å². The van der Waals surface area contributed by atoms with Gasteiger partial charge in [-0.15, -0.1) is 0 Å². The fourth-order valence-corrected chi connectivity index (χ4v) is 2.15. The van der Waals surface area contributed by atoms with Crippen molar-refractivity contribution < 1.29 is 4.74 Å². The van der Waals surface area contributed by atoms with Crippen LogP contribution in [0.15, 0.2) is 18.2 Å². The van der Waals surface area contributed by atoms with Crippen molar-refractivity contribution >= 4 is 5.69 Å². The van der Waals surface area contributed by atoms with Crippen LogP contribution in [0.4, 0.5) is 5.69 Å². The van der Waals surface area contributed by atoms with Gasteiger partial charge in [-0.3, -0.25) is 0 Å². The highest BCUT2D eigenvalue weighted by Gasteiger charge is 2.23. The molecule has 0 aromatic heterocycles. The molecule has 0 bridgehead atoms. The molecule has 1 aromatic rings. The molecule has 1 saturated carbocycles. The van der Waals surface area contributed by atoms with Crippen LogP contribution in [-0.2, 0) is 6.42 Å². The number of nitrogens with one attached hydrogen (secondary N) is 1. The average molecular weight is 218 g/mol. The zero-order chi connectivity index (χ0) is 11.0. The molecule has 2 aliphatic rings. The molecule has 1 aliphatic heterocycles. The first kappa shape index (κ1) is 9.97. The van der Waals surface area contributed by atoms with Crippen molar-refractivity contribution in [2.24, 2.45) is 11.7 Å². The van der Waals surface area contributed by atoms with E-state index in [-0.39, 0.29) is 6.10 Å². The van der Waals surface area contributed by atoms with Crippen LogP contribution in [0.25, 0.3) is 0 Å². The van der Waals surface area contributed by atoms with Gasteiger partial charge in [0.25, 0.3) is 0 Å². The second-order valence-electron chi connectivity index (χ2n) is 4.83. The van der Waals surface area contributed by atoms with Crippen LogP contribution >= 0.6 is 0 Å². The number of benzene rings is 1. The van der Waals surface area contributed by atoms with Gasteiger partial charge >= 0.3 is 0 Å². The summed E-state index contributed by atoms with van der Waals surface area (Å²) in [4.78, 5) is 0. The molecule has 3 heteroatoms. The van der Waals surface area contributed by atoms with E-state index in [1.54, 1.807) is 0 Å². The molecule has 0 saturated heterocycles. The Morgan fingerprint density at radius 1 is 1.38 bits per heavy atom. The van der Waals surface area contributed by atoms with E-state index < -0.39 is 0 Å². The zero-order valence-electron chi connectivity index (χ0n) is 9.41. The normalized spacial score (nSPS) is 22.7. The van der Waals surface area contributed by atoms with Crippen molar-refractivity contribution in [3.8, 4) is 5.75 Å². The highest BCUT2D eigenvalue weighted by molar-refractivity contribution is 5.52. The van der Waals surface area contributed by atoms with Crippen LogP contribution in [0.5, 0.6) is 5.75 Å². The van der Waals surface area contributed by atoms with Gasteiger partial charge < -0.3 is 15.8 Å². The maximum Gasteiger partial charge on any atom is 0.123 e. The monoisotopic (exact) mass is 218 g/mol. The van der Waals surface area contributed by atoms with Crippen molar-refractivity contribution in [2.75, 3.05) is 18.4 Å². The third kappa shape index (κ3) is 2.00. The van der Waals surface area contributed by atoms with Crippen molar-refractivity contribution in [3.63, 3.8) is 0 Å². The lowest BCUT2D eigenvalue weighted by Gasteiger charge is -2.07. The Balaban J connectivity index is 1.68. The molecule has 16 heavy (non-hydrogen) atoms. The summed E-state index contributed by atoms with van der Waals surface area (Å²) in [5.41, 5.74) is 8.12. The van der Waals surface area contributed by atoms with Crippen LogP contribution in [-0.4, -0.2) is 19.2 Å². The second kappa shape index (κ2) is 3.98. The van der Waals surface area contributed by atoms with Crippen molar-refractivity contribution in [1.29, 1.82) is 0 Å². The summed E-state index contributed by atoms with van der Waals surface area (Å²) >= 11 is 0. The molecule has 1 aromatic carbocycles. The molecular weight excluding hydrogens is 200 g/mol. The number of nitrogens with two attached hydrogens (primary N) is 1. The number of hydrogen-bond acceptors (Lipinski definition) is 3. The fraction of sp³-hybridized carbons (Fsp3) is 0.538. The molecule has 0 amide bonds. The molecule has 3 rings (SSSR count). The molecule has 1 fully saturated rings. The lowest BCUT2D eigenvalue weighted by molar-refractivity contribution is 0.241. The SMILES string of the molecule is NCC1Cc2cc(NCC3CC3)ccc2O1. The fourth-order valence-electron chi connectivity index (χ4n) is 2.15. The van der Waals surface area contributed by atoms with Gasteiger partial charge in [-0.2, -0.15) is 0 Å². The molecule has 0 spiro atoms. The number of anilines is 1. The molecule has 86 valence electrons. The van der Waals surface area contributed by atoms with Gasteiger partial charge in [0.15, 0.2) is 0 Å². The Bertz CT molecular complexity index is 388. The van der Waals surface area contributed by atoms with E-state index in [0.717, 1.165) is 24.6 Å². The minimum atomic E-state index is 0.175. The Hall–Kier alpha value is -1.22. The summed E-state index contributed by atoms with van der Waals surface area (Å²) in [6.07, 6.45) is 3.89. The predicted molar refractivity (Wildman–Crippen MR) is 64.8 cm³/mol. The Kier molecular flexibility index (Phi) is 2.48. The van der Waals surface area contributed by atoms with Gasteiger partial charge in [-0.25, -0.2) is 0 Å². The van der Waals surface area contributed by atoms with Crippen LogP contribution in [0, 0.1) is 5.92 Å². The standard InChI is InChI=1S/C13H18N2O/c14-7-12-6-10-5-11(3-4-13(10)16-12)15-8-9-1-2-9/h3-5,9,12,15H,1-2,6-8,14H2. The van der Waals surface area contributed by atoms with Crippen molar-refractivity contribution in [3.05, 3.63) is 23.8 Å².